The topological polar surface area (TPSA) is 203 Å². The van der Waals surface area contributed by atoms with Crippen LogP contribution in [0.3, 0.4) is 0 Å². The molecule has 7 N–H and O–H groups in total. The lowest BCUT2D eigenvalue weighted by atomic mass is 9.57. The molecule has 0 aromatic heterocycles. The second-order valence-corrected chi connectivity index (χ2v) is 11.5. The number of phenolic OH excluding ortho intramolecular Hbond substituents is 1. The van der Waals surface area contributed by atoms with Crippen molar-refractivity contribution in [2.75, 3.05) is 40.4 Å². The summed E-state index contributed by atoms with van der Waals surface area (Å²) in [4.78, 5) is 55.3. The normalized spacial score (nSPS) is 27.5. The Morgan fingerprint density at radius 1 is 1.17 bits per heavy atom. The summed E-state index contributed by atoms with van der Waals surface area (Å²) in [6.45, 7) is 3.68. The number of carbonyl (C=O) groups is 4. The van der Waals surface area contributed by atoms with Crippen molar-refractivity contribution in [2.24, 2.45) is 17.6 Å². The summed E-state index contributed by atoms with van der Waals surface area (Å²) in [7, 11) is 3.10. The maximum atomic E-state index is 14.0. The highest BCUT2D eigenvalue weighted by atomic mass is 16.5. The summed E-state index contributed by atoms with van der Waals surface area (Å²) in [5.74, 6) is -6.94. The fraction of sp³-hybridized carbons (Fsp3) is 0.517. The monoisotopic (exact) mass is 584 g/mol. The van der Waals surface area contributed by atoms with Crippen LogP contribution in [-0.2, 0) is 38.5 Å². The van der Waals surface area contributed by atoms with E-state index in [0.717, 1.165) is 0 Å². The maximum absolute atomic E-state index is 14.0. The van der Waals surface area contributed by atoms with Gasteiger partial charge in [-0.2, -0.15) is 0 Å². The van der Waals surface area contributed by atoms with Gasteiger partial charge in [0.25, 0.3) is 5.91 Å². The van der Waals surface area contributed by atoms with Gasteiger partial charge in [-0.15, -0.1) is 0 Å². The number of hydrogen-bond donors (Lipinski definition) is 6. The number of aliphatic hydroxyl groups is 3. The van der Waals surface area contributed by atoms with Gasteiger partial charge in [0.05, 0.1) is 24.8 Å². The molecule has 5 rings (SSSR count). The molecule has 1 aliphatic heterocycles. The fourth-order valence-corrected chi connectivity index (χ4v) is 6.93. The van der Waals surface area contributed by atoms with Crippen LogP contribution in [-0.4, -0.2) is 106 Å². The number of fused-ring (bicyclic) bond motifs is 3. The fourth-order valence-electron chi connectivity index (χ4n) is 6.93. The number of urea groups is 1. The number of ketones is 2. The van der Waals surface area contributed by atoms with Crippen molar-refractivity contribution in [1.29, 1.82) is 0 Å². The van der Waals surface area contributed by atoms with Crippen LogP contribution in [0, 0.1) is 11.8 Å². The highest BCUT2D eigenvalue weighted by Gasteiger charge is 2.64. The number of rotatable bonds is 5. The van der Waals surface area contributed by atoms with Crippen molar-refractivity contribution >= 4 is 29.3 Å². The highest BCUT2D eigenvalue weighted by Crippen LogP contribution is 2.53. The van der Waals surface area contributed by atoms with Crippen LogP contribution in [0.4, 0.5) is 4.79 Å². The number of ether oxygens (including phenoxy) is 1. The van der Waals surface area contributed by atoms with Crippen molar-refractivity contribution in [3.63, 3.8) is 0 Å². The standard InChI is InChI=1S/C29H36N4O9/c1-4-13-9-15(12-31-28(40)33-5-7-42-8-6-33)16-10-14-11-17-21(32(2)3)24(36)20(27(30)39)26(38)29(17,41)25(37)18(14)23(35)19(16)22(13)34/h9,14,17,21,34-35,38,41H,4-8,10-12H2,1-3H3,(H2,30,39)(H,31,40)/t14-,17-,21+,29-/m0/s1. The van der Waals surface area contributed by atoms with E-state index in [4.69, 9.17) is 10.5 Å². The molecule has 0 bridgehead atoms. The Labute approximate surface area is 242 Å². The van der Waals surface area contributed by atoms with Crippen molar-refractivity contribution in [1.82, 2.24) is 15.1 Å². The molecule has 3 amide bonds. The Hall–Kier alpha value is -3.94. The van der Waals surface area contributed by atoms with Crippen molar-refractivity contribution in [2.45, 2.75) is 44.4 Å². The molecule has 1 saturated carbocycles. The summed E-state index contributed by atoms with van der Waals surface area (Å²) < 4.78 is 5.31. The number of Topliss-reactive ketones (excluding diaryl/α,β-unsaturated/α-hetero) is 2. The maximum Gasteiger partial charge on any atom is 0.317 e. The first-order valence-corrected chi connectivity index (χ1v) is 14.0. The minimum Gasteiger partial charge on any atom is -0.508 e. The van der Waals surface area contributed by atoms with E-state index < -0.39 is 58.0 Å². The van der Waals surface area contributed by atoms with E-state index in [1.54, 1.807) is 32.0 Å². The zero-order chi connectivity index (χ0) is 30.7. The highest BCUT2D eigenvalue weighted by molar-refractivity contribution is 6.24. The molecule has 0 spiro atoms. The van der Waals surface area contributed by atoms with Crippen LogP contribution >= 0.6 is 0 Å². The summed E-state index contributed by atoms with van der Waals surface area (Å²) in [6, 6.07) is 0.313. The number of aliphatic hydroxyl groups excluding tert-OH is 2. The van der Waals surface area contributed by atoms with Gasteiger partial charge in [0.2, 0.25) is 5.78 Å². The molecule has 2 fully saturated rings. The quantitative estimate of drug-likeness (QED) is 0.257. The summed E-state index contributed by atoms with van der Waals surface area (Å²) in [5.41, 5.74) is 3.26. The van der Waals surface area contributed by atoms with Crippen LogP contribution in [0.2, 0.25) is 0 Å². The van der Waals surface area contributed by atoms with E-state index in [9.17, 15) is 39.6 Å². The third-order valence-corrected chi connectivity index (χ3v) is 9.00. The molecule has 42 heavy (non-hydrogen) atoms. The molecule has 1 saturated heterocycles. The number of likely N-dealkylation sites (N-methyl/N-ethyl adjacent to an activating group) is 1. The molecule has 1 aromatic carbocycles. The lowest BCUT2D eigenvalue weighted by molar-refractivity contribution is -0.153. The van der Waals surface area contributed by atoms with Crippen LogP contribution in [0.5, 0.6) is 5.75 Å². The van der Waals surface area contributed by atoms with Gasteiger partial charge in [-0.05, 0) is 56.0 Å². The first-order valence-electron chi connectivity index (χ1n) is 14.0. The van der Waals surface area contributed by atoms with Crippen LogP contribution in [0.1, 0.15) is 35.6 Å². The zero-order valence-corrected chi connectivity index (χ0v) is 23.8. The average molecular weight is 585 g/mol. The second-order valence-electron chi connectivity index (χ2n) is 11.5. The predicted molar refractivity (Wildman–Crippen MR) is 148 cm³/mol. The van der Waals surface area contributed by atoms with E-state index in [1.807, 2.05) is 0 Å². The third kappa shape index (κ3) is 4.34. The minimum absolute atomic E-state index is 0.0123. The molecule has 0 unspecified atom stereocenters. The molecule has 3 aliphatic carbocycles. The van der Waals surface area contributed by atoms with Crippen molar-refractivity contribution in [3.05, 3.63) is 45.2 Å². The largest absolute Gasteiger partial charge is 0.508 e. The minimum atomic E-state index is -2.70. The van der Waals surface area contributed by atoms with Gasteiger partial charge in [-0.1, -0.05) is 13.0 Å². The first-order chi connectivity index (χ1) is 19.8. The smallest absolute Gasteiger partial charge is 0.317 e. The molecule has 13 nitrogen and oxygen atoms in total. The van der Waals surface area contributed by atoms with E-state index >= 15 is 0 Å². The SMILES string of the molecule is CCc1cc(CNC(=O)N2CCOCC2)c2c(c1O)C(O)=C1C(=O)[C@]3(O)C(O)=C(C(N)=O)C(=O)[C@H](N(C)C)[C@@H]3C[C@@H]1C2. The van der Waals surface area contributed by atoms with E-state index in [1.165, 1.54) is 4.90 Å². The van der Waals surface area contributed by atoms with Gasteiger partial charge < -0.3 is 41.1 Å². The van der Waals surface area contributed by atoms with Gasteiger partial charge in [0.1, 0.15) is 22.8 Å². The Balaban J connectivity index is 1.61. The van der Waals surface area contributed by atoms with E-state index in [2.05, 4.69) is 5.32 Å². The van der Waals surface area contributed by atoms with Crippen LogP contribution in [0.15, 0.2) is 23.0 Å². The molecule has 13 heteroatoms. The zero-order valence-electron chi connectivity index (χ0n) is 23.8. The molecule has 1 heterocycles. The number of phenols is 1. The number of aromatic hydroxyl groups is 1. The number of nitrogens with zero attached hydrogens (tertiary/aromatic N) is 2. The number of nitrogens with one attached hydrogen (secondary N) is 1. The van der Waals surface area contributed by atoms with E-state index in [0.29, 0.717) is 49.4 Å². The van der Waals surface area contributed by atoms with Crippen molar-refractivity contribution in [3.8, 4) is 5.75 Å². The third-order valence-electron chi connectivity index (χ3n) is 9.00. The van der Waals surface area contributed by atoms with Gasteiger partial charge in [-0.25, -0.2) is 4.79 Å². The number of primary amides is 1. The number of carbonyl (C=O) groups excluding carboxylic acids is 4. The Bertz CT molecular complexity index is 1440. The number of aryl methyl sites for hydroxylation is 1. The number of benzene rings is 1. The number of hydrogen-bond acceptors (Lipinski definition) is 10. The van der Waals surface area contributed by atoms with Gasteiger partial charge >= 0.3 is 6.03 Å². The molecule has 1 aromatic rings. The van der Waals surface area contributed by atoms with Crippen molar-refractivity contribution < 1.29 is 44.3 Å². The first kappa shape index (κ1) is 29.5. The molecule has 0 radical (unpaired) electrons. The molecule has 4 aliphatic rings. The van der Waals surface area contributed by atoms with Gasteiger partial charge in [0.15, 0.2) is 11.4 Å². The molecular formula is C29H36N4O9. The summed E-state index contributed by atoms with van der Waals surface area (Å²) >= 11 is 0. The lowest BCUT2D eigenvalue weighted by Gasteiger charge is -2.50. The Morgan fingerprint density at radius 2 is 1.83 bits per heavy atom. The summed E-state index contributed by atoms with van der Waals surface area (Å²) in [5, 5.41) is 48.3. The molecular weight excluding hydrogens is 548 g/mol. The predicted octanol–water partition coefficient (Wildman–Crippen LogP) is 0.0682. The average Bonchev–Trinajstić information content (AvgIpc) is 2.94. The Morgan fingerprint density at radius 3 is 2.43 bits per heavy atom. The van der Waals surface area contributed by atoms with Crippen LogP contribution in [0.25, 0.3) is 5.76 Å². The van der Waals surface area contributed by atoms with Gasteiger partial charge in [0, 0.05) is 31.1 Å². The number of nitrogens with two attached hydrogens (primary N) is 1. The van der Waals surface area contributed by atoms with Crippen LogP contribution < -0.4 is 11.1 Å². The molecule has 226 valence electrons. The lowest BCUT2D eigenvalue weighted by Crippen LogP contribution is -2.65. The molecule has 4 atom stereocenters. The Kier molecular flexibility index (Phi) is 7.54. The van der Waals surface area contributed by atoms with E-state index in [-0.39, 0.29) is 42.3 Å². The number of amides is 3. The number of morpholine rings is 1. The van der Waals surface area contributed by atoms with Gasteiger partial charge in [-0.3, -0.25) is 19.3 Å². The second kappa shape index (κ2) is 10.7. The summed E-state index contributed by atoms with van der Waals surface area (Å²) in [6.07, 6.45) is 0.518.